The second-order valence-electron chi connectivity index (χ2n) is 2.17. The molecule has 0 unspecified atom stereocenters. The summed E-state index contributed by atoms with van der Waals surface area (Å²) in [5.41, 5.74) is 6.95. The van der Waals surface area contributed by atoms with Crippen LogP contribution in [0.4, 0.5) is 11.5 Å². The highest BCUT2D eigenvalue weighted by atomic mass is 79.9. The molecule has 0 fully saturated rings. The summed E-state index contributed by atoms with van der Waals surface area (Å²) in [6.45, 7) is 0. The molecule has 64 valence electrons. The molecule has 0 aliphatic heterocycles. The summed E-state index contributed by atoms with van der Waals surface area (Å²) >= 11 is 3.30. The molecule has 4 nitrogen and oxygen atoms in total. The quantitative estimate of drug-likeness (QED) is 0.672. The molecule has 1 aromatic rings. The number of hydrogen-bond donors (Lipinski definition) is 3. The largest absolute Gasteiger partial charge is 0.387 e. The Morgan fingerprint density at radius 3 is 2.83 bits per heavy atom. The zero-order chi connectivity index (χ0) is 9.14. The van der Waals surface area contributed by atoms with Gasteiger partial charge in [-0.25, -0.2) is 4.98 Å². The van der Waals surface area contributed by atoms with Crippen molar-refractivity contribution in [3.05, 3.63) is 16.2 Å². The Labute approximate surface area is 78.8 Å². The van der Waals surface area contributed by atoms with Crippen LogP contribution in [0, 0.1) is 5.41 Å². The van der Waals surface area contributed by atoms with Gasteiger partial charge in [0.2, 0.25) is 0 Å². The number of halogens is 1. The second-order valence-corrected chi connectivity index (χ2v) is 3.03. The van der Waals surface area contributed by atoms with Crippen molar-refractivity contribution in [3.63, 3.8) is 0 Å². The molecule has 1 aromatic heterocycles. The Balaban J connectivity index is 3.38. The van der Waals surface area contributed by atoms with Crippen molar-refractivity contribution >= 4 is 33.6 Å². The predicted octanol–water partition coefficient (Wildman–Crippen LogP) is 1.47. The number of nitrogens with two attached hydrogens (primary N) is 1. The minimum absolute atomic E-state index is 0.359. The van der Waals surface area contributed by atoms with Crippen LogP contribution in [0.1, 0.15) is 5.56 Å². The van der Waals surface area contributed by atoms with Gasteiger partial charge in [0, 0.05) is 19.5 Å². The van der Waals surface area contributed by atoms with Crippen LogP contribution >= 0.6 is 15.9 Å². The molecule has 0 aliphatic rings. The number of rotatable bonds is 2. The van der Waals surface area contributed by atoms with Crippen molar-refractivity contribution in [1.29, 1.82) is 5.41 Å². The van der Waals surface area contributed by atoms with Crippen LogP contribution in [0.15, 0.2) is 10.7 Å². The van der Waals surface area contributed by atoms with Crippen molar-refractivity contribution in [3.8, 4) is 0 Å². The van der Waals surface area contributed by atoms with Crippen molar-refractivity contribution < 1.29 is 0 Å². The lowest BCUT2D eigenvalue weighted by Crippen LogP contribution is -2.02. The van der Waals surface area contributed by atoms with E-state index in [9.17, 15) is 0 Å². The molecule has 0 amide bonds. The van der Waals surface area contributed by atoms with Crippen LogP contribution in [-0.2, 0) is 0 Å². The van der Waals surface area contributed by atoms with Crippen molar-refractivity contribution in [2.45, 2.75) is 0 Å². The molecule has 0 radical (unpaired) electrons. The summed E-state index contributed by atoms with van der Waals surface area (Å²) in [6, 6.07) is 0. The lowest BCUT2D eigenvalue weighted by Gasteiger charge is -2.08. The van der Waals surface area contributed by atoms with Crippen LogP contribution < -0.4 is 11.1 Å². The van der Waals surface area contributed by atoms with Gasteiger partial charge in [0.05, 0.1) is 15.7 Å². The topological polar surface area (TPSA) is 74.8 Å². The molecule has 5 heteroatoms. The molecule has 0 spiro atoms. The van der Waals surface area contributed by atoms with E-state index in [4.69, 9.17) is 11.1 Å². The molecular formula is C7H9BrN4. The van der Waals surface area contributed by atoms with Crippen molar-refractivity contribution in [2.75, 3.05) is 18.1 Å². The van der Waals surface area contributed by atoms with Crippen LogP contribution in [0.5, 0.6) is 0 Å². The fraction of sp³-hybridized carbons (Fsp3) is 0.143. The molecule has 4 N–H and O–H groups in total. The first-order chi connectivity index (χ1) is 5.70. The van der Waals surface area contributed by atoms with Gasteiger partial charge in [-0.15, -0.1) is 0 Å². The molecular weight excluding hydrogens is 220 g/mol. The fourth-order valence-corrected chi connectivity index (χ4v) is 1.43. The molecule has 0 atom stereocenters. The Morgan fingerprint density at radius 1 is 1.75 bits per heavy atom. The lowest BCUT2D eigenvalue weighted by molar-refractivity contribution is 1.29. The SMILES string of the molecule is CNc1c(Br)cnc(N)c1C=N. The Hall–Kier alpha value is -1.10. The Morgan fingerprint density at radius 2 is 2.42 bits per heavy atom. The summed E-state index contributed by atoms with van der Waals surface area (Å²) in [5, 5.41) is 10.1. The van der Waals surface area contributed by atoms with E-state index in [1.165, 1.54) is 6.21 Å². The first-order valence-corrected chi connectivity index (χ1v) is 4.12. The van der Waals surface area contributed by atoms with E-state index in [1.54, 1.807) is 13.2 Å². The van der Waals surface area contributed by atoms with Gasteiger partial charge in [0.1, 0.15) is 5.82 Å². The molecule has 0 aromatic carbocycles. The van der Waals surface area contributed by atoms with E-state index >= 15 is 0 Å². The highest BCUT2D eigenvalue weighted by Gasteiger charge is 2.07. The predicted molar refractivity (Wildman–Crippen MR) is 53.8 cm³/mol. The molecule has 0 bridgehead atoms. The van der Waals surface area contributed by atoms with Gasteiger partial charge < -0.3 is 16.5 Å². The van der Waals surface area contributed by atoms with E-state index in [0.717, 1.165) is 10.2 Å². The number of pyridine rings is 1. The van der Waals surface area contributed by atoms with Gasteiger partial charge in [0.15, 0.2) is 0 Å². The number of anilines is 2. The molecule has 0 saturated carbocycles. The zero-order valence-corrected chi connectivity index (χ0v) is 8.14. The number of nitrogen functional groups attached to an aromatic ring is 1. The molecule has 0 aliphatic carbocycles. The molecule has 1 rings (SSSR count). The van der Waals surface area contributed by atoms with Crippen LogP contribution in [0.2, 0.25) is 0 Å². The maximum Gasteiger partial charge on any atom is 0.134 e. The smallest absolute Gasteiger partial charge is 0.134 e. The van der Waals surface area contributed by atoms with Gasteiger partial charge in [-0.1, -0.05) is 0 Å². The minimum Gasteiger partial charge on any atom is -0.387 e. The minimum atomic E-state index is 0.359. The average Bonchev–Trinajstić information content (AvgIpc) is 2.08. The third-order valence-electron chi connectivity index (χ3n) is 1.50. The summed E-state index contributed by atoms with van der Waals surface area (Å²) < 4.78 is 0.803. The zero-order valence-electron chi connectivity index (χ0n) is 6.56. The third kappa shape index (κ3) is 1.40. The van der Waals surface area contributed by atoms with E-state index in [1.807, 2.05) is 0 Å². The maximum atomic E-state index is 7.12. The maximum absolute atomic E-state index is 7.12. The van der Waals surface area contributed by atoms with E-state index in [-0.39, 0.29) is 0 Å². The molecule has 12 heavy (non-hydrogen) atoms. The Kier molecular flexibility index (Phi) is 2.65. The van der Waals surface area contributed by atoms with Crippen LogP contribution in [0.3, 0.4) is 0 Å². The van der Waals surface area contributed by atoms with E-state index in [2.05, 4.69) is 26.2 Å². The van der Waals surface area contributed by atoms with Crippen molar-refractivity contribution in [2.24, 2.45) is 0 Å². The first-order valence-electron chi connectivity index (χ1n) is 3.33. The fourth-order valence-electron chi connectivity index (χ4n) is 0.917. The number of nitrogens with one attached hydrogen (secondary N) is 2. The lowest BCUT2D eigenvalue weighted by atomic mass is 10.2. The summed E-state index contributed by atoms with van der Waals surface area (Å²) in [7, 11) is 1.77. The molecule has 1 heterocycles. The normalized spacial score (nSPS) is 9.50. The van der Waals surface area contributed by atoms with Gasteiger partial charge >= 0.3 is 0 Å². The van der Waals surface area contributed by atoms with Gasteiger partial charge in [-0.3, -0.25) is 0 Å². The van der Waals surface area contributed by atoms with E-state index < -0.39 is 0 Å². The van der Waals surface area contributed by atoms with Crippen molar-refractivity contribution in [1.82, 2.24) is 4.98 Å². The number of nitrogens with zero attached hydrogens (tertiary/aromatic N) is 1. The standard InChI is InChI=1S/C7H9BrN4/c1-11-6-4(2-9)7(10)12-3-5(6)8/h2-3,9H,1H3,(H3,10,11,12). The summed E-state index contributed by atoms with van der Waals surface area (Å²) in [4.78, 5) is 3.90. The first kappa shape index (κ1) is 8.99. The highest BCUT2D eigenvalue weighted by Crippen LogP contribution is 2.26. The molecule has 0 saturated heterocycles. The number of aromatic nitrogens is 1. The van der Waals surface area contributed by atoms with Gasteiger partial charge in [-0.2, -0.15) is 0 Å². The Bertz CT molecular complexity index is 311. The van der Waals surface area contributed by atoms with Crippen LogP contribution in [-0.4, -0.2) is 18.2 Å². The third-order valence-corrected chi connectivity index (χ3v) is 2.10. The summed E-state index contributed by atoms with van der Waals surface area (Å²) in [5.74, 6) is 0.359. The van der Waals surface area contributed by atoms with Crippen LogP contribution in [0.25, 0.3) is 0 Å². The van der Waals surface area contributed by atoms with Gasteiger partial charge in [0.25, 0.3) is 0 Å². The van der Waals surface area contributed by atoms with Gasteiger partial charge in [-0.05, 0) is 15.9 Å². The van der Waals surface area contributed by atoms with E-state index in [0.29, 0.717) is 11.4 Å². The monoisotopic (exact) mass is 228 g/mol. The highest BCUT2D eigenvalue weighted by molar-refractivity contribution is 9.10. The number of hydrogen-bond acceptors (Lipinski definition) is 4. The average molecular weight is 229 g/mol. The summed E-state index contributed by atoms with van der Waals surface area (Å²) in [6.07, 6.45) is 2.78. The second kappa shape index (κ2) is 3.53.